The Kier molecular flexibility index (Phi) is 34.0. The molecule has 2 heterocycles. The molecule has 98 heavy (non-hydrogen) atoms. The first-order valence-corrected chi connectivity index (χ1v) is 36.9. The molecule has 2 aromatic carbocycles. The summed E-state index contributed by atoms with van der Waals surface area (Å²) in [5.74, 6) is 3.33. The molecule has 40 heteroatoms. The molecule has 1 aliphatic carbocycles. The Morgan fingerprint density at radius 2 is 1.56 bits per heavy atom. The second-order valence-electron chi connectivity index (χ2n) is 21.3. The van der Waals surface area contributed by atoms with Crippen molar-refractivity contribution in [1.82, 2.24) is 26.6 Å². The Balaban J connectivity index is 0.911. The Morgan fingerprint density at radius 3 is 2.26 bits per heavy atom. The molecule has 0 radical (unpaired) electrons. The molecule has 4 unspecified atom stereocenters. The molecule has 1 fully saturated rings. The Bertz CT molecular complexity index is 3750. The number of fused-ring (bicyclic) bond motifs is 2. The van der Waals surface area contributed by atoms with Gasteiger partial charge in [-0.2, -0.15) is 8.62 Å². The van der Waals surface area contributed by atoms with Crippen LogP contribution >= 0.6 is 45.1 Å². The van der Waals surface area contributed by atoms with Crippen molar-refractivity contribution < 1.29 is 118 Å². The van der Waals surface area contributed by atoms with Crippen molar-refractivity contribution in [2.24, 2.45) is 10.1 Å². The zero-order valence-electron chi connectivity index (χ0n) is 54.2. The van der Waals surface area contributed by atoms with Crippen molar-refractivity contribution in [1.29, 1.82) is 0 Å². The summed E-state index contributed by atoms with van der Waals surface area (Å²) >= 11 is 0. The number of azide groups is 1. The summed E-state index contributed by atoms with van der Waals surface area (Å²) in [6.07, 6.45) is -1.22. The van der Waals surface area contributed by atoms with Gasteiger partial charge in [0.15, 0.2) is 0 Å². The van der Waals surface area contributed by atoms with Crippen molar-refractivity contribution in [3.63, 3.8) is 0 Å². The van der Waals surface area contributed by atoms with Crippen LogP contribution in [0.2, 0.25) is 0 Å². The predicted octanol–water partition coefficient (Wildman–Crippen LogP) is 6.91. The minimum Gasteiger partial charge on any atom is -0.478 e. The summed E-state index contributed by atoms with van der Waals surface area (Å²) in [4.78, 5) is 118. The van der Waals surface area contributed by atoms with Crippen LogP contribution < -0.4 is 37.3 Å². The molecule has 0 aromatic heterocycles. The molecule has 11 N–H and O–H groups in total. The zero-order valence-corrected chi connectivity index (χ0v) is 58.5. The molecule has 538 valence electrons. The number of carbonyl (C=O) groups excluding carboxylic acids is 5. The number of unbranched alkanes of at least 4 members (excludes halogenated alkanes) is 1. The summed E-state index contributed by atoms with van der Waals surface area (Å²) in [6, 6.07) is 11.2. The number of imide groups is 1. The van der Waals surface area contributed by atoms with E-state index in [9.17, 15) is 57.4 Å². The highest BCUT2D eigenvalue weighted by molar-refractivity contribution is 8.77. The maximum atomic E-state index is 13.5. The van der Waals surface area contributed by atoms with Gasteiger partial charge in [-0.05, 0) is 113 Å². The largest absolute Gasteiger partial charge is 0.490 e. The summed E-state index contributed by atoms with van der Waals surface area (Å²) in [7, 11) is -14.0. The fourth-order valence-corrected chi connectivity index (χ4v) is 14.3. The smallest absolute Gasteiger partial charge is 0.478 e. The highest BCUT2D eigenvalue weighted by Gasteiger charge is 2.44. The SMILES string of the molecule is CCN=c1cc2oc3cc(NCC)c(C)cc3c(-c3cc(C(=O)NCCOCCOCCNC(=O)OCCC(C)(C)SSCOCCCCOC(=O)NCC#C/C(=C/NC4CO[C@H](COP(=O)(O)OP(=O)(O)OP(=O)(O)O)C4OCN=[N+]=[N-])C(=O)NC=O)ccc3C(=O)O)c-2cc1C. The second kappa shape index (κ2) is 40.8. The number of phosphoric acid groups is 3. The number of carboxylic acids is 1. The van der Waals surface area contributed by atoms with Crippen molar-refractivity contribution in [2.75, 3.05) is 110 Å². The van der Waals surface area contributed by atoms with Crippen LogP contribution in [0.15, 0.2) is 68.8 Å². The number of carboxylic acid groups (broad SMARTS) is 1. The number of aryl methyl sites for hydroxylation is 2. The number of carbonyl (C=O) groups is 6. The first-order valence-electron chi connectivity index (χ1n) is 30.1. The van der Waals surface area contributed by atoms with Gasteiger partial charge in [0.2, 0.25) is 6.41 Å². The van der Waals surface area contributed by atoms with Crippen molar-refractivity contribution in [3.8, 4) is 34.3 Å². The number of hydrogen-bond donors (Lipinski definition) is 11. The summed E-state index contributed by atoms with van der Waals surface area (Å²) < 4.78 is 91.4. The molecule has 1 saturated heterocycles. The van der Waals surface area contributed by atoms with Crippen molar-refractivity contribution >= 4 is 98.1 Å². The van der Waals surface area contributed by atoms with E-state index >= 15 is 0 Å². The maximum Gasteiger partial charge on any atom is 0.490 e. The van der Waals surface area contributed by atoms with Crippen LogP contribution in [0, 0.1) is 25.7 Å². The number of hydrogen-bond acceptors (Lipinski definition) is 26. The molecule has 5 amide bonds. The number of amides is 5. The van der Waals surface area contributed by atoms with Crippen LogP contribution in [-0.2, 0) is 69.6 Å². The van der Waals surface area contributed by atoms with Crippen LogP contribution in [0.3, 0.4) is 0 Å². The van der Waals surface area contributed by atoms with E-state index in [2.05, 4.69) is 66.6 Å². The van der Waals surface area contributed by atoms with Crippen LogP contribution in [0.5, 0.6) is 0 Å². The molecule has 5 rings (SSSR count). The van der Waals surface area contributed by atoms with Gasteiger partial charge in [0.05, 0.1) is 76.4 Å². The number of anilines is 1. The van der Waals surface area contributed by atoms with E-state index in [4.69, 9.17) is 52.9 Å². The van der Waals surface area contributed by atoms with Crippen molar-refractivity contribution in [2.45, 2.75) is 83.8 Å². The quantitative estimate of drug-likeness (QED) is 0.00183. The van der Waals surface area contributed by atoms with E-state index in [-0.39, 0.29) is 93.7 Å². The maximum absolute atomic E-state index is 13.5. The summed E-state index contributed by atoms with van der Waals surface area (Å²) in [5, 5.41) is 31.0. The lowest BCUT2D eigenvalue weighted by Gasteiger charge is -2.23. The fourth-order valence-electron chi connectivity index (χ4n) is 8.98. The normalized spacial score (nSPS) is 16.2. The molecule has 0 saturated carbocycles. The van der Waals surface area contributed by atoms with E-state index in [1.54, 1.807) is 16.9 Å². The predicted molar refractivity (Wildman–Crippen MR) is 357 cm³/mol. The summed E-state index contributed by atoms with van der Waals surface area (Å²) in [5.41, 5.74) is 13.5. The van der Waals surface area contributed by atoms with E-state index in [1.807, 2.05) is 71.1 Å². The number of nitrogens with zero attached hydrogens (tertiary/aromatic N) is 4. The number of phosphoric ester groups is 1. The van der Waals surface area contributed by atoms with E-state index in [0.717, 1.165) is 28.4 Å². The van der Waals surface area contributed by atoms with Gasteiger partial charge in [-0.3, -0.25) is 29.2 Å². The highest BCUT2D eigenvalue weighted by atomic mass is 33.1. The Labute approximate surface area is 570 Å². The Hall–Kier alpha value is -7.13. The average Bonchev–Trinajstić information content (AvgIpc) is 0.846. The van der Waals surface area contributed by atoms with Gasteiger partial charge in [-0.25, -0.2) is 28.1 Å². The number of rotatable bonds is 42. The van der Waals surface area contributed by atoms with Crippen LogP contribution in [0.1, 0.15) is 78.8 Å². The third-order valence-corrected chi connectivity index (χ3v) is 20.3. The molecular formula is C58H79N10O25P3S2. The third kappa shape index (κ3) is 28.2. The number of aromatic carboxylic acids is 1. The second-order valence-corrected chi connectivity index (χ2v) is 28.7. The van der Waals surface area contributed by atoms with Gasteiger partial charge in [-0.15, -0.1) is 0 Å². The molecule has 3 aliphatic rings. The van der Waals surface area contributed by atoms with Gasteiger partial charge in [-0.1, -0.05) is 38.5 Å². The van der Waals surface area contributed by atoms with Gasteiger partial charge in [0.25, 0.3) is 11.8 Å². The van der Waals surface area contributed by atoms with Crippen LogP contribution in [0.4, 0.5) is 15.3 Å². The van der Waals surface area contributed by atoms with Crippen molar-refractivity contribution in [3.05, 3.63) is 92.3 Å². The first kappa shape index (κ1) is 81.5. The molecule has 5 atom stereocenters. The molecule has 2 aromatic rings. The number of nitrogens with one attached hydrogen (secondary N) is 6. The van der Waals surface area contributed by atoms with Gasteiger partial charge in [0.1, 0.15) is 41.8 Å². The average molecular weight is 1470 g/mol. The number of benzene rings is 3. The van der Waals surface area contributed by atoms with Crippen LogP contribution in [-0.4, -0.2) is 189 Å². The van der Waals surface area contributed by atoms with Crippen LogP contribution in [0.25, 0.3) is 43.9 Å². The van der Waals surface area contributed by atoms with Gasteiger partial charge >= 0.3 is 41.6 Å². The number of alkyl carbamates (subject to hydrolysis) is 2. The summed E-state index contributed by atoms with van der Waals surface area (Å²) in [6.45, 7) is 12.8. The zero-order chi connectivity index (χ0) is 71.9. The topological polar surface area (TPSA) is 494 Å². The lowest BCUT2D eigenvalue weighted by atomic mass is 9.88. The fraction of sp³-hybridized carbons (Fsp3) is 0.500. The lowest BCUT2D eigenvalue weighted by Crippen LogP contribution is -2.42. The minimum absolute atomic E-state index is 0.0214. The molecule has 0 bridgehead atoms. The third-order valence-electron chi connectivity index (χ3n) is 13.4. The lowest BCUT2D eigenvalue weighted by molar-refractivity contribution is -0.122. The molecular weight excluding hydrogens is 1390 g/mol. The standard InChI is InChI=1S/C58H79N10O25P3S2/c1-7-60-45-29-48-43(26-37(45)3)51(44-27-38(4)46(61-8-2)30-49(44)91-48)42-28-39(13-14-41(42)55(72)73)53(70)62-17-22-83-24-25-84-23-18-64-57(75)87-21-15-58(5,6)98-97-36-85-19-9-10-20-86-56(74)63-16-11-12-40(54(71)66-34-69)31-65-47-32-88-50(52(47)89-35-67-68-59)33-90-95(79,80)93-96(81,82)92-94(76,77)78/h13-14,26-31,34,47,50,52,60,65H,7-10,15-25,32-33,35-36H2,1-6H3,(H,62,70)(H,63,74)(H,64,75)(H,72,73)(H,79,80)(H,81,82)(H,66,69,71)(H2,76,77,78)/b40-31-,61-46?/t47?,50-,52?/m1/s1. The first-order chi connectivity index (χ1) is 46.6. The van der Waals surface area contributed by atoms with E-state index < -0.39 is 85.0 Å². The highest BCUT2D eigenvalue weighted by Crippen LogP contribution is 2.66. The van der Waals surface area contributed by atoms with Gasteiger partial charge in [0, 0.05) is 88.5 Å². The minimum atomic E-state index is -5.82. The van der Waals surface area contributed by atoms with E-state index in [1.165, 1.54) is 22.9 Å². The Morgan fingerprint density at radius 1 is 0.847 bits per heavy atom. The van der Waals surface area contributed by atoms with Gasteiger partial charge < -0.3 is 88.8 Å². The molecule has 35 nitrogen and oxygen atoms in total. The molecule has 2 aliphatic heterocycles. The van der Waals surface area contributed by atoms with E-state index in [0.29, 0.717) is 78.3 Å². The molecule has 0 spiro atoms. The number of ether oxygens (including phenoxy) is 7. The monoisotopic (exact) mass is 1470 g/mol.